The maximum atomic E-state index is 12.6. The van der Waals surface area contributed by atoms with Crippen LogP contribution in [0.4, 0.5) is 16.2 Å². The number of fused-ring (bicyclic) bond motifs is 1. The van der Waals surface area contributed by atoms with E-state index >= 15 is 0 Å². The maximum absolute atomic E-state index is 12.6. The van der Waals surface area contributed by atoms with Crippen LogP contribution in [0.5, 0.6) is 11.5 Å². The van der Waals surface area contributed by atoms with Gasteiger partial charge in [-0.15, -0.1) is 0 Å². The van der Waals surface area contributed by atoms with Crippen LogP contribution in [0.25, 0.3) is 0 Å². The van der Waals surface area contributed by atoms with E-state index in [4.69, 9.17) is 9.84 Å². The van der Waals surface area contributed by atoms with Crippen molar-refractivity contribution in [3.63, 3.8) is 0 Å². The summed E-state index contributed by atoms with van der Waals surface area (Å²) in [4.78, 5) is 11.8. The van der Waals surface area contributed by atoms with Gasteiger partial charge in [-0.3, -0.25) is 9.62 Å². The standard InChI is InChI=1S/C16H16N2O7S/c19-9-10-2-1-3-11(6-10)17-26(23,24)15-8-14-12(7-13(15)20)18(16(21)22)4-5-25-14/h1-3,6-8,17,19-20H,4-5,9H2,(H,21,22). The number of phenolic OH excluding ortho intramolecular Hbond substituents is 1. The van der Waals surface area contributed by atoms with Crippen LogP contribution in [0.15, 0.2) is 41.3 Å². The van der Waals surface area contributed by atoms with Crippen molar-refractivity contribution < 1.29 is 33.3 Å². The average Bonchev–Trinajstić information content (AvgIpc) is 2.60. The number of rotatable bonds is 4. The molecule has 0 spiro atoms. The monoisotopic (exact) mass is 380 g/mol. The molecular weight excluding hydrogens is 364 g/mol. The summed E-state index contributed by atoms with van der Waals surface area (Å²) in [7, 11) is -4.17. The zero-order valence-electron chi connectivity index (χ0n) is 13.4. The number of aromatic hydroxyl groups is 1. The molecule has 138 valence electrons. The minimum Gasteiger partial charge on any atom is -0.506 e. The molecule has 1 aliphatic heterocycles. The first-order valence-electron chi connectivity index (χ1n) is 7.55. The molecule has 0 atom stereocenters. The number of carbonyl (C=O) groups is 1. The third-order valence-corrected chi connectivity index (χ3v) is 5.20. The molecule has 10 heteroatoms. The Kier molecular flexibility index (Phi) is 4.62. The Morgan fingerprint density at radius 3 is 2.73 bits per heavy atom. The van der Waals surface area contributed by atoms with Crippen LogP contribution in [0.3, 0.4) is 0 Å². The molecule has 26 heavy (non-hydrogen) atoms. The van der Waals surface area contributed by atoms with Gasteiger partial charge in [0, 0.05) is 17.8 Å². The molecule has 0 saturated heterocycles. The number of ether oxygens (including phenoxy) is 1. The minimum atomic E-state index is -4.17. The van der Waals surface area contributed by atoms with Gasteiger partial charge >= 0.3 is 6.09 Å². The van der Waals surface area contributed by atoms with Crippen molar-refractivity contribution >= 4 is 27.5 Å². The van der Waals surface area contributed by atoms with Crippen molar-refractivity contribution in [3.8, 4) is 11.5 Å². The SMILES string of the molecule is O=C(O)N1CCOc2cc(S(=O)(=O)Nc3cccc(CO)c3)c(O)cc21. The highest BCUT2D eigenvalue weighted by Crippen LogP contribution is 2.39. The predicted molar refractivity (Wildman–Crippen MR) is 92.1 cm³/mol. The largest absolute Gasteiger partial charge is 0.506 e. The number of hydrogen-bond donors (Lipinski definition) is 4. The lowest BCUT2D eigenvalue weighted by atomic mass is 10.2. The zero-order valence-corrected chi connectivity index (χ0v) is 14.2. The number of anilines is 2. The maximum Gasteiger partial charge on any atom is 0.412 e. The molecule has 0 radical (unpaired) electrons. The van der Waals surface area contributed by atoms with Crippen molar-refractivity contribution in [2.75, 3.05) is 22.8 Å². The number of phenols is 1. The van der Waals surface area contributed by atoms with Gasteiger partial charge in [0.1, 0.15) is 23.0 Å². The van der Waals surface area contributed by atoms with Gasteiger partial charge in [-0.05, 0) is 17.7 Å². The Labute approximate surface area is 149 Å². The van der Waals surface area contributed by atoms with E-state index in [1.807, 2.05) is 0 Å². The molecule has 1 amide bonds. The van der Waals surface area contributed by atoms with Crippen LogP contribution in [0.1, 0.15) is 5.56 Å². The second kappa shape index (κ2) is 6.73. The van der Waals surface area contributed by atoms with Crippen molar-refractivity contribution in [2.24, 2.45) is 0 Å². The molecule has 2 aromatic rings. The van der Waals surface area contributed by atoms with Gasteiger partial charge in [0.2, 0.25) is 0 Å². The lowest BCUT2D eigenvalue weighted by Gasteiger charge is -2.27. The Bertz CT molecular complexity index is 959. The summed E-state index contributed by atoms with van der Waals surface area (Å²) in [5.41, 5.74) is 0.796. The normalized spacial score (nSPS) is 13.7. The number of aliphatic hydroxyl groups is 1. The zero-order chi connectivity index (χ0) is 18.9. The molecule has 0 unspecified atom stereocenters. The Balaban J connectivity index is 1.99. The molecule has 0 aliphatic carbocycles. The van der Waals surface area contributed by atoms with E-state index in [-0.39, 0.29) is 36.9 Å². The highest BCUT2D eigenvalue weighted by molar-refractivity contribution is 7.92. The van der Waals surface area contributed by atoms with E-state index in [1.54, 1.807) is 12.1 Å². The fourth-order valence-electron chi connectivity index (χ4n) is 2.59. The van der Waals surface area contributed by atoms with Crippen LogP contribution >= 0.6 is 0 Å². The molecule has 0 aromatic heterocycles. The molecule has 3 rings (SSSR count). The Morgan fingerprint density at radius 1 is 1.27 bits per heavy atom. The van der Waals surface area contributed by atoms with E-state index in [0.717, 1.165) is 17.0 Å². The third-order valence-electron chi connectivity index (χ3n) is 3.79. The number of nitrogens with zero attached hydrogens (tertiary/aromatic N) is 1. The summed E-state index contributed by atoms with van der Waals surface area (Å²) < 4.78 is 32.9. The summed E-state index contributed by atoms with van der Waals surface area (Å²) in [6, 6.07) is 8.27. The van der Waals surface area contributed by atoms with Gasteiger partial charge in [0.05, 0.1) is 18.8 Å². The molecule has 9 nitrogen and oxygen atoms in total. The average molecular weight is 380 g/mol. The number of hydrogen-bond acceptors (Lipinski definition) is 6. The Hall–Kier alpha value is -2.98. The van der Waals surface area contributed by atoms with Gasteiger partial charge < -0.3 is 20.1 Å². The summed E-state index contributed by atoms with van der Waals surface area (Å²) in [5, 5.41) is 28.5. The number of nitrogens with one attached hydrogen (secondary N) is 1. The van der Waals surface area contributed by atoms with E-state index in [9.17, 15) is 23.4 Å². The van der Waals surface area contributed by atoms with Gasteiger partial charge in [-0.25, -0.2) is 13.2 Å². The molecule has 0 fully saturated rings. The highest BCUT2D eigenvalue weighted by Gasteiger charge is 2.28. The minimum absolute atomic E-state index is 0.0425. The predicted octanol–water partition coefficient (Wildman–Crippen LogP) is 1.56. The Morgan fingerprint density at radius 2 is 2.04 bits per heavy atom. The van der Waals surface area contributed by atoms with Crippen LogP contribution in [0.2, 0.25) is 0 Å². The molecule has 0 saturated carbocycles. The molecule has 4 N–H and O–H groups in total. The molecular formula is C16H16N2O7S. The second-order valence-corrected chi connectivity index (χ2v) is 7.19. The summed E-state index contributed by atoms with van der Waals surface area (Å²) in [6.07, 6.45) is -1.23. The van der Waals surface area contributed by atoms with Crippen LogP contribution < -0.4 is 14.4 Å². The van der Waals surface area contributed by atoms with Gasteiger partial charge in [-0.2, -0.15) is 0 Å². The van der Waals surface area contributed by atoms with Gasteiger partial charge in [0.15, 0.2) is 0 Å². The van der Waals surface area contributed by atoms with Gasteiger partial charge in [0.25, 0.3) is 10.0 Å². The highest BCUT2D eigenvalue weighted by atomic mass is 32.2. The van der Waals surface area contributed by atoms with Crippen molar-refractivity contribution in [1.29, 1.82) is 0 Å². The van der Waals surface area contributed by atoms with Gasteiger partial charge in [-0.1, -0.05) is 12.1 Å². The number of amides is 1. The molecule has 2 aromatic carbocycles. The first-order chi connectivity index (χ1) is 12.3. The molecule has 0 bridgehead atoms. The number of aliphatic hydroxyl groups excluding tert-OH is 1. The fourth-order valence-corrected chi connectivity index (χ4v) is 3.73. The molecule has 1 heterocycles. The van der Waals surface area contributed by atoms with Crippen molar-refractivity contribution in [2.45, 2.75) is 11.5 Å². The summed E-state index contributed by atoms with van der Waals surface area (Å²) in [6.45, 7) is -0.117. The number of benzene rings is 2. The van der Waals surface area contributed by atoms with Crippen LogP contribution in [-0.2, 0) is 16.6 Å². The smallest absolute Gasteiger partial charge is 0.412 e. The van der Waals surface area contributed by atoms with E-state index in [2.05, 4.69) is 4.72 Å². The first-order valence-corrected chi connectivity index (χ1v) is 9.03. The number of carboxylic acid groups (broad SMARTS) is 1. The first kappa shape index (κ1) is 17.8. The van der Waals surface area contributed by atoms with Crippen LogP contribution in [0, 0.1) is 0 Å². The van der Waals surface area contributed by atoms with E-state index < -0.39 is 26.8 Å². The summed E-state index contributed by atoms with van der Waals surface area (Å²) >= 11 is 0. The van der Waals surface area contributed by atoms with E-state index in [1.165, 1.54) is 12.1 Å². The second-order valence-electron chi connectivity index (χ2n) is 5.53. The number of sulfonamides is 1. The topological polar surface area (TPSA) is 136 Å². The van der Waals surface area contributed by atoms with Crippen molar-refractivity contribution in [1.82, 2.24) is 0 Å². The third kappa shape index (κ3) is 3.37. The van der Waals surface area contributed by atoms with Crippen LogP contribution in [-0.4, -0.2) is 43.0 Å². The quantitative estimate of drug-likeness (QED) is 0.632. The summed E-state index contributed by atoms with van der Waals surface area (Å²) in [5.74, 6) is -0.563. The fraction of sp³-hybridized carbons (Fsp3) is 0.188. The lowest BCUT2D eigenvalue weighted by Crippen LogP contribution is -2.36. The lowest BCUT2D eigenvalue weighted by molar-refractivity contribution is 0.196. The molecule has 1 aliphatic rings. The van der Waals surface area contributed by atoms with E-state index in [0.29, 0.717) is 5.56 Å². The van der Waals surface area contributed by atoms with Crippen molar-refractivity contribution in [3.05, 3.63) is 42.0 Å².